The van der Waals surface area contributed by atoms with Crippen molar-refractivity contribution in [3.63, 3.8) is 0 Å². The molecule has 2 nitrogen and oxygen atoms in total. The maximum Gasteiger partial charge on any atom is 0.0661 e. The zero-order valence-corrected chi connectivity index (χ0v) is 13.2. The van der Waals surface area contributed by atoms with Crippen molar-refractivity contribution in [3.05, 3.63) is 0 Å². The largest absolute Gasteiger partial charge is 0.378 e. The van der Waals surface area contributed by atoms with Gasteiger partial charge in [0.1, 0.15) is 0 Å². The molecule has 1 N–H and O–H groups in total. The summed E-state index contributed by atoms with van der Waals surface area (Å²) < 4.78 is 5.96. The molecule has 0 aromatic heterocycles. The lowest BCUT2D eigenvalue weighted by Gasteiger charge is -2.54. The van der Waals surface area contributed by atoms with Gasteiger partial charge in [-0.2, -0.15) is 0 Å². The van der Waals surface area contributed by atoms with Crippen LogP contribution in [0.5, 0.6) is 0 Å². The Morgan fingerprint density at radius 2 is 1.95 bits per heavy atom. The van der Waals surface area contributed by atoms with E-state index in [9.17, 15) is 0 Å². The molecule has 0 saturated heterocycles. The van der Waals surface area contributed by atoms with Crippen molar-refractivity contribution in [1.82, 2.24) is 5.32 Å². The molecular formula is C17H33NO. The number of ether oxygens (including phenoxy) is 1. The molecule has 0 bridgehead atoms. The van der Waals surface area contributed by atoms with E-state index < -0.39 is 0 Å². The molecule has 112 valence electrons. The van der Waals surface area contributed by atoms with Gasteiger partial charge in [-0.3, -0.25) is 0 Å². The zero-order valence-electron chi connectivity index (χ0n) is 13.2. The lowest BCUT2D eigenvalue weighted by atomic mass is 9.60. The Balaban J connectivity index is 1.69. The predicted octanol–water partition coefficient (Wildman–Crippen LogP) is 4.14. The van der Waals surface area contributed by atoms with E-state index in [2.05, 4.69) is 26.1 Å². The molecule has 2 unspecified atom stereocenters. The van der Waals surface area contributed by atoms with Crippen molar-refractivity contribution in [2.24, 2.45) is 11.3 Å². The van der Waals surface area contributed by atoms with Gasteiger partial charge in [-0.1, -0.05) is 39.5 Å². The van der Waals surface area contributed by atoms with E-state index in [1.165, 1.54) is 57.9 Å². The summed E-state index contributed by atoms with van der Waals surface area (Å²) >= 11 is 0. The highest BCUT2D eigenvalue weighted by atomic mass is 16.5. The van der Waals surface area contributed by atoms with Crippen molar-refractivity contribution in [2.45, 2.75) is 84.3 Å². The van der Waals surface area contributed by atoms with Gasteiger partial charge in [0.2, 0.25) is 0 Å². The molecule has 1 spiro atoms. The van der Waals surface area contributed by atoms with Gasteiger partial charge in [-0.15, -0.1) is 0 Å². The summed E-state index contributed by atoms with van der Waals surface area (Å²) in [6.07, 6.45) is 11.5. The van der Waals surface area contributed by atoms with E-state index in [0.717, 1.165) is 18.6 Å². The smallest absolute Gasteiger partial charge is 0.0661 e. The molecule has 0 radical (unpaired) electrons. The van der Waals surface area contributed by atoms with Crippen LogP contribution in [0.2, 0.25) is 0 Å². The summed E-state index contributed by atoms with van der Waals surface area (Å²) in [7, 11) is 0. The van der Waals surface area contributed by atoms with Crippen LogP contribution in [0.1, 0.15) is 72.1 Å². The Morgan fingerprint density at radius 1 is 1.21 bits per heavy atom. The fourth-order valence-corrected chi connectivity index (χ4v) is 4.13. The molecule has 2 aliphatic carbocycles. The summed E-state index contributed by atoms with van der Waals surface area (Å²) in [5.74, 6) is 0.854. The SMILES string of the molecule is CCOC1CC(NCCCCC(C)C)C12CCCC2. The molecule has 2 aliphatic rings. The second-order valence-electron chi connectivity index (χ2n) is 7.02. The normalized spacial score (nSPS) is 29.1. The molecule has 2 atom stereocenters. The minimum absolute atomic E-state index is 0.508. The highest BCUT2D eigenvalue weighted by Gasteiger charge is 2.56. The maximum atomic E-state index is 5.96. The molecule has 2 heteroatoms. The van der Waals surface area contributed by atoms with Gasteiger partial charge in [0, 0.05) is 18.1 Å². The molecule has 0 heterocycles. The first-order chi connectivity index (χ1) is 9.19. The summed E-state index contributed by atoms with van der Waals surface area (Å²) in [6, 6.07) is 0.741. The first-order valence-corrected chi connectivity index (χ1v) is 8.54. The number of rotatable bonds is 8. The van der Waals surface area contributed by atoms with Crippen LogP contribution in [0, 0.1) is 11.3 Å². The number of hydrogen-bond donors (Lipinski definition) is 1. The molecule has 2 rings (SSSR count). The lowest BCUT2D eigenvalue weighted by Crippen LogP contribution is -2.62. The van der Waals surface area contributed by atoms with E-state index >= 15 is 0 Å². The quantitative estimate of drug-likeness (QED) is 0.667. The van der Waals surface area contributed by atoms with Crippen molar-refractivity contribution >= 4 is 0 Å². The van der Waals surface area contributed by atoms with Gasteiger partial charge in [0.25, 0.3) is 0 Å². The van der Waals surface area contributed by atoms with Crippen LogP contribution in [0.15, 0.2) is 0 Å². The minimum atomic E-state index is 0.508. The number of unbranched alkanes of at least 4 members (excludes halogenated alkanes) is 1. The molecule has 19 heavy (non-hydrogen) atoms. The monoisotopic (exact) mass is 267 g/mol. The van der Waals surface area contributed by atoms with E-state index in [1.807, 2.05) is 0 Å². The summed E-state index contributed by atoms with van der Waals surface area (Å²) in [5.41, 5.74) is 0.508. The van der Waals surface area contributed by atoms with Crippen molar-refractivity contribution in [1.29, 1.82) is 0 Å². The van der Waals surface area contributed by atoms with Crippen molar-refractivity contribution < 1.29 is 4.74 Å². The van der Waals surface area contributed by atoms with Crippen molar-refractivity contribution in [2.75, 3.05) is 13.2 Å². The molecule has 0 amide bonds. The van der Waals surface area contributed by atoms with Gasteiger partial charge < -0.3 is 10.1 Å². The second kappa shape index (κ2) is 7.08. The molecule has 0 aromatic rings. The summed E-state index contributed by atoms with van der Waals surface area (Å²) in [4.78, 5) is 0. The third-order valence-electron chi connectivity index (χ3n) is 5.29. The minimum Gasteiger partial charge on any atom is -0.378 e. The molecule has 0 aromatic carbocycles. The highest BCUT2D eigenvalue weighted by molar-refractivity contribution is 5.09. The van der Waals surface area contributed by atoms with E-state index in [4.69, 9.17) is 4.74 Å². The van der Waals surface area contributed by atoms with E-state index in [0.29, 0.717) is 11.5 Å². The number of hydrogen-bond acceptors (Lipinski definition) is 2. The average Bonchev–Trinajstić information content (AvgIpc) is 2.88. The Kier molecular flexibility index (Phi) is 5.70. The Hall–Kier alpha value is -0.0800. The van der Waals surface area contributed by atoms with Gasteiger partial charge in [0.05, 0.1) is 6.10 Å². The van der Waals surface area contributed by atoms with Crippen LogP contribution in [0.25, 0.3) is 0 Å². The van der Waals surface area contributed by atoms with Crippen LogP contribution in [-0.4, -0.2) is 25.3 Å². The van der Waals surface area contributed by atoms with Crippen LogP contribution in [0.3, 0.4) is 0 Å². The lowest BCUT2D eigenvalue weighted by molar-refractivity contribution is -0.130. The standard InChI is InChI=1S/C17H33NO/c1-4-19-16-13-15(17(16)10-6-7-11-17)18-12-8-5-9-14(2)3/h14-16,18H,4-13H2,1-3H3. The van der Waals surface area contributed by atoms with Crippen LogP contribution < -0.4 is 5.32 Å². The van der Waals surface area contributed by atoms with Gasteiger partial charge in [-0.25, -0.2) is 0 Å². The highest BCUT2D eigenvalue weighted by Crippen LogP contribution is 2.54. The van der Waals surface area contributed by atoms with Gasteiger partial charge in [-0.05, 0) is 45.1 Å². The molecular weight excluding hydrogens is 234 g/mol. The van der Waals surface area contributed by atoms with Crippen molar-refractivity contribution in [3.8, 4) is 0 Å². The molecule has 0 aliphatic heterocycles. The number of nitrogens with one attached hydrogen (secondary N) is 1. The fourth-order valence-electron chi connectivity index (χ4n) is 4.13. The van der Waals surface area contributed by atoms with Crippen LogP contribution in [0.4, 0.5) is 0 Å². The second-order valence-corrected chi connectivity index (χ2v) is 7.02. The first-order valence-electron chi connectivity index (χ1n) is 8.54. The Morgan fingerprint density at radius 3 is 2.58 bits per heavy atom. The predicted molar refractivity (Wildman–Crippen MR) is 81.4 cm³/mol. The summed E-state index contributed by atoms with van der Waals surface area (Å²) in [5, 5.41) is 3.83. The third-order valence-corrected chi connectivity index (χ3v) is 5.29. The van der Waals surface area contributed by atoms with Gasteiger partial charge >= 0.3 is 0 Å². The van der Waals surface area contributed by atoms with Crippen LogP contribution in [-0.2, 0) is 4.74 Å². The topological polar surface area (TPSA) is 21.3 Å². The average molecular weight is 267 g/mol. The Labute approximate surface area is 119 Å². The van der Waals surface area contributed by atoms with Crippen LogP contribution >= 0.6 is 0 Å². The zero-order chi connectivity index (χ0) is 13.7. The molecule has 2 saturated carbocycles. The van der Waals surface area contributed by atoms with E-state index in [-0.39, 0.29) is 0 Å². The Bertz CT molecular complexity index is 258. The summed E-state index contributed by atoms with van der Waals surface area (Å²) in [6.45, 7) is 8.86. The molecule has 2 fully saturated rings. The first kappa shape index (κ1) is 15.3. The fraction of sp³-hybridized carbons (Fsp3) is 1.00. The van der Waals surface area contributed by atoms with E-state index in [1.54, 1.807) is 0 Å². The maximum absolute atomic E-state index is 5.96. The third kappa shape index (κ3) is 3.52. The van der Waals surface area contributed by atoms with Gasteiger partial charge in [0.15, 0.2) is 0 Å².